The predicted octanol–water partition coefficient (Wildman–Crippen LogP) is 5.11. The Morgan fingerprint density at radius 1 is 1.19 bits per heavy atom. The Balaban J connectivity index is 2.08. The van der Waals surface area contributed by atoms with Gasteiger partial charge in [-0.2, -0.15) is 0 Å². The molecule has 1 aliphatic heterocycles. The summed E-state index contributed by atoms with van der Waals surface area (Å²) in [6.45, 7) is 11.2. The molecule has 0 saturated carbocycles. The summed E-state index contributed by atoms with van der Waals surface area (Å²) in [4.78, 5) is 0. The molecule has 136 valence electrons. The summed E-state index contributed by atoms with van der Waals surface area (Å²) in [5.41, 5.74) is 5.88. The van der Waals surface area contributed by atoms with Crippen LogP contribution in [0.2, 0.25) is 0 Å². The van der Waals surface area contributed by atoms with Crippen LogP contribution in [-0.2, 0) is 0 Å². The minimum absolute atomic E-state index is 0.0849. The number of nitrogens with one attached hydrogen (secondary N) is 2. The standard InChI is InChI=1S/C23H28N2O/c1-6-13-24-16(2)20-15-23(3,4)25-21-12-11-17(14-19(20)21)18-9-7-8-10-22(18)26-5/h6-12,14-16,24-25H,1,13H2,2-5H3. The monoisotopic (exact) mass is 348 g/mol. The highest BCUT2D eigenvalue weighted by molar-refractivity contribution is 5.87. The van der Waals surface area contributed by atoms with Gasteiger partial charge in [0.25, 0.3) is 0 Å². The summed E-state index contributed by atoms with van der Waals surface area (Å²) < 4.78 is 5.55. The Kier molecular flexibility index (Phi) is 5.19. The summed E-state index contributed by atoms with van der Waals surface area (Å²) in [6, 6.07) is 15.0. The van der Waals surface area contributed by atoms with E-state index in [0.717, 1.165) is 23.4 Å². The lowest BCUT2D eigenvalue weighted by molar-refractivity contribution is 0.416. The van der Waals surface area contributed by atoms with Gasteiger partial charge in [0, 0.05) is 29.4 Å². The molecular formula is C23H28N2O. The van der Waals surface area contributed by atoms with Crippen LogP contribution in [0.25, 0.3) is 16.7 Å². The third-order valence-electron chi connectivity index (χ3n) is 4.76. The van der Waals surface area contributed by atoms with Crippen LogP contribution >= 0.6 is 0 Å². The number of ether oxygens (including phenoxy) is 1. The van der Waals surface area contributed by atoms with E-state index < -0.39 is 0 Å². The fraction of sp³-hybridized carbons (Fsp3) is 0.304. The van der Waals surface area contributed by atoms with Crippen molar-refractivity contribution in [2.24, 2.45) is 0 Å². The molecule has 0 fully saturated rings. The van der Waals surface area contributed by atoms with Crippen molar-refractivity contribution in [1.82, 2.24) is 5.32 Å². The summed E-state index contributed by atoms with van der Waals surface area (Å²) in [5, 5.41) is 7.15. The molecule has 1 aliphatic rings. The number of hydrogen-bond acceptors (Lipinski definition) is 3. The van der Waals surface area contributed by atoms with Crippen molar-refractivity contribution >= 4 is 11.3 Å². The highest BCUT2D eigenvalue weighted by Gasteiger charge is 2.27. The van der Waals surface area contributed by atoms with Gasteiger partial charge in [-0.15, -0.1) is 6.58 Å². The fourth-order valence-electron chi connectivity index (χ4n) is 3.52. The van der Waals surface area contributed by atoms with Crippen molar-refractivity contribution in [2.45, 2.75) is 32.4 Å². The molecule has 3 heteroatoms. The van der Waals surface area contributed by atoms with Gasteiger partial charge in [0.15, 0.2) is 0 Å². The van der Waals surface area contributed by atoms with Crippen LogP contribution in [-0.4, -0.2) is 25.2 Å². The first kappa shape index (κ1) is 18.3. The third kappa shape index (κ3) is 3.68. The van der Waals surface area contributed by atoms with E-state index in [1.807, 2.05) is 24.3 Å². The number of benzene rings is 2. The molecule has 2 aromatic rings. The van der Waals surface area contributed by atoms with E-state index in [-0.39, 0.29) is 11.6 Å². The minimum Gasteiger partial charge on any atom is -0.496 e. The topological polar surface area (TPSA) is 33.3 Å². The lowest BCUT2D eigenvalue weighted by atomic mass is 9.85. The van der Waals surface area contributed by atoms with Gasteiger partial charge in [0.2, 0.25) is 0 Å². The van der Waals surface area contributed by atoms with Gasteiger partial charge in [0.1, 0.15) is 5.75 Å². The van der Waals surface area contributed by atoms with Crippen LogP contribution in [0.1, 0.15) is 26.3 Å². The second-order valence-electron chi connectivity index (χ2n) is 7.33. The SMILES string of the molecule is C=CCNC(C)C1=CC(C)(C)Nc2ccc(-c3ccccc3OC)cc21. The molecule has 0 bridgehead atoms. The maximum Gasteiger partial charge on any atom is 0.126 e. The van der Waals surface area contributed by atoms with Crippen molar-refractivity contribution in [3.63, 3.8) is 0 Å². The van der Waals surface area contributed by atoms with Crippen LogP contribution in [0.4, 0.5) is 5.69 Å². The van der Waals surface area contributed by atoms with Crippen molar-refractivity contribution in [1.29, 1.82) is 0 Å². The Morgan fingerprint density at radius 3 is 2.69 bits per heavy atom. The molecule has 2 aromatic carbocycles. The maximum atomic E-state index is 5.55. The second kappa shape index (κ2) is 7.38. The molecular weight excluding hydrogens is 320 g/mol. The number of hydrogen-bond donors (Lipinski definition) is 2. The molecule has 0 radical (unpaired) electrons. The summed E-state index contributed by atoms with van der Waals surface area (Å²) in [6.07, 6.45) is 4.22. The van der Waals surface area contributed by atoms with Crippen molar-refractivity contribution in [2.75, 3.05) is 19.0 Å². The molecule has 0 aromatic heterocycles. The zero-order chi connectivity index (χ0) is 18.7. The number of para-hydroxylation sites is 1. The molecule has 2 N–H and O–H groups in total. The van der Waals surface area contributed by atoms with Gasteiger partial charge in [-0.25, -0.2) is 0 Å². The summed E-state index contributed by atoms with van der Waals surface area (Å²) in [5.74, 6) is 0.889. The maximum absolute atomic E-state index is 5.55. The Hall–Kier alpha value is -2.52. The van der Waals surface area contributed by atoms with E-state index in [0.29, 0.717) is 0 Å². The Morgan fingerprint density at radius 2 is 1.96 bits per heavy atom. The molecule has 0 aliphatic carbocycles. The zero-order valence-corrected chi connectivity index (χ0v) is 16.1. The number of methoxy groups -OCH3 is 1. The quantitative estimate of drug-likeness (QED) is 0.711. The zero-order valence-electron chi connectivity index (χ0n) is 16.1. The van der Waals surface area contributed by atoms with E-state index in [1.165, 1.54) is 16.8 Å². The normalized spacial score (nSPS) is 16.1. The van der Waals surface area contributed by atoms with Gasteiger partial charge in [-0.3, -0.25) is 0 Å². The van der Waals surface area contributed by atoms with E-state index in [2.05, 4.69) is 68.3 Å². The van der Waals surface area contributed by atoms with Gasteiger partial charge in [0.05, 0.1) is 12.6 Å². The molecule has 3 nitrogen and oxygen atoms in total. The van der Waals surface area contributed by atoms with Crippen LogP contribution in [0.15, 0.2) is 61.2 Å². The van der Waals surface area contributed by atoms with Crippen LogP contribution in [0.5, 0.6) is 5.75 Å². The lowest BCUT2D eigenvalue weighted by Crippen LogP contribution is -2.36. The predicted molar refractivity (Wildman–Crippen MR) is 112 cm³/mol. The highest BCUT2D eigenvalue weighted by atomic mass is 16.5. The largest absolute Gasteiger partial charge is 0.496 e. The molecule has 0 amide bonds. The smallest absolute Gasteiger partial charge is 0.126 e. The first-order valence-corrected chi connectivity index (χ1v) is 9.08. The molecule has 0 saturated heterocycles. The molecule has 26 heavy (non-hydrogen) atoms. The first-order valence-electron chi connectivity index (χ1n) is 9.08. The number of fused-ring (bicyclic) bond motifs is 1. The number of rotatable bonds is 6. The fourth-order valence-corrected chi connectivity index (χ4v) is 3.52. The van der Waals surface area contributed by atoms with E-state index in [9.17, 15) is 0 Å². The van der Waals surface area contributed by atoms with E-state index in [1.54, 1.807) is 7.11 Å². The van der Waals surface area contributed by atoms with Gasteiger partial charge < -0.3 is 15.4 Å². The average molecular weight is 348 g/mol. The molecule has 1 unspecified atom stereocenters. The first-order chi connectivity index (χ1) is 12.4. The van der Waals surface area contributed by atoms with Crippen LogP contribution in [0, 0.1) is 0 Å². The Bertz CT molecular complexity index is 836. The second-order valence-corrected chi connectivity index (χ2v) is 7.33. The lowest BCUT2D eigenvalue weighted by Gasteiger charge is -2.35. The summed E-state index contributed by atoms with van der Waals surface area (Å²) in [7, 11) is 1.72. The minimum atomic E-state index is -0.0849. The molecule has 3 rings (SSSR count). The number of anilines is 1. The van der Waals surface area contributed by atoms with Gasteiger partial charge >= 0.3 is 0 Å². The molecule has 1 atom stereocenters. The van der Waals surface area contributed by atoms with Crippen LogP contribution < -0.4 is 15.4 Å². The Labute approximate surface area is 156 Å². The van der Waals surface area contributed by atoms with Gasteiger partial charge in [-0.05, 0) is 50.1 Å². The van der Waals surface area contributed by atoms with Crippen LogP contribution in [0.3, 0.4) is 0 Å². The van der Waals surface area contributed by atoms with Gasteiger partial charge in [-0.1, -0.05) is 36.4 Å². The summed E-state index contributed by atoms with van der Waals surface area (Å²) >= 11 is 0. The third-order valence-corrected chi connectivity index (χ3v) is 4.76. The van der Waals surface area contributed by atoms with Crippen molar-refractivity contribution in [3.8, 4) is 16.9 Å². The average Bonchev–Trinajstić information content (AvgIpc) is 2.64. The highest BCUT2D eigenvalue weighted by Crippen LogP contribution is 2.39. The molecule has 0 spiro atoms. The van der Waals surface area contributed by atoms with E-state index >= 15 is 0 Å². The van der Waals surface area contributed by atoms with Crippen molar-refractivity contribution < 1.29 is 4.74 Å². The van der Waals surface area contributed by atoms with E-state index in [4.69, 9.17) is 4.74 Å². The van der Waals surface area contributed by atoms with Crippen molar-refractivity contribution in [3.05, 3.63) is 66.8 Å². The molecule has 1 heterocycles.